The highest BCUT2D eigenvalue weighted by molar-refractivity contribution is 6.00. The van der Waals surface area contributed by atoms with E-state index < -0.39 is 0 Å². The minimum atomic E-state index is 0.684. The molecular weight excluding hydrogens is 248 g/mol. The summed E-state index contributed by atoms with van der Waals surface area (Å²) in [5, 5.41) is 5.46. The number of hydrogen-bond acceptors (Lipinski definition) is 4. The predicted octanol–water partition coefficient (Wildman–Crippen LogP) is 3.13. The molecule has 0 spiro atoms. The summed E-state index contributed by atoms with van der Waals surface area (Å²) >= 11 is 0. The maximum absolute atomic E-state index is 5.97. The smallest absolute Gasteiger partial charge is 0.0597 e. The van der Waals surface area contributed by atoms with Crippen LogP contribution in [0.2, 0.25) is 0 Å². The maximum atomic E-state index is 5.97. The number of aromatic nitrogens is 2. The van der Waals surface area contributed by atoms with Crippen LogP contribution in [0.1, 0.15) is 11.4 Å². The monoisotopic (exact) mass is 264 g/mol. The van der Waals surface area contributed by atoms with E-state index in [0.717, 1.165) is 33.5 Å². The molecule has 0 aliphatic carbocycles. The van der Waals surface area contributed by atoms with E-state index in [1.54, 1.807) is 12.4 Å². The van der Waals surface area contributed by atoms with Crippen molar-refractivity contribution in [2.75, 3.05) is 11.1 Å². The molecule has 20 heavy (non-hydrogen) atoms. The van der Waals surface area contributed by atoms with Crippen molar-refractivity contribution in [2.24, 2.45) is 0 Å². The van der Waals surface area contributed by atoms with Gasteiger partial charge in [-0.05, 0) is 37.3 Å². The quantitative estimate of drug-likeness (QED) is 0.713. The normalized spacial score (nSPS) is 10.7. The molecule has 0 saturated heterocycles. The summed E-state index contributed by atoms with van der Waals surface area (Å²) in [4.78, 5) is 8.61. The van der Waals surface area contributed by atoms with Gasteiger partial charge in [0.05, 0.1) is 12.2 Å². The summed E-state index contributed by atoms with van der Waals surface area (Å²) < 4.78 is 0. The van der Waals surface area contributed by atoms with Crippen molar-refractivity contribution in [3.8, 4) is 0 Å². The van der Waals surface area contributed by atoms with Gasteiger partial charge in [-0.1, -0.05) is 6.07 Å². The SMILES string of the molecule is Cc1cccc(CNc2ccc(N)c3cnccc23)n1. The van der Waals surface area contributed by atoms with Crippen molar-refractivity contribution in [1.29, 1.82) is 0 Å². The summed E-state index contributed by atoms with van der Waals surface area (Å²) in [5.74, 6) is 0. The van der Waals surface area contributed by atoms with Gasteiger partial charge >= 0.3 is 0 Å². The molecule has 3 rings (SSSR count). The molecule has 0 radical (unpaired) electrons. The average Bonchev–Trinajstić information content (AvgIpc) is 2.47. The van der Waals surface area contributed by atoms with Crippen molar-refractivity contribution in [3.63, 3.8) is 0 Å². The molecule has 0 atom stereocenters. The fourth-order valence-electron chi connectivity index (χ4n) is 2.25. The molecule has 3 N–H and O–H groups in total. The van der Waals surface area contributed by atoms with Crippen LogP contribution in [0.5, 0.6) is 0 Å². The number of pyridine rings is 2. The van der Waals surface area contributed by atoms with Gasteiger partial charge in [0.25, 0.3) is 0 Å². The first-order chi connectivity index (χ1) is 9.74. The molecule has 1 aromatic carbocycles. The Morgan fingerprint density at radius 2 is 2.00 bits per heavy atom. The van der Waals surface area contributed by atoms with Gasteiger partial charge in [-0.3, -0.25) is 9.97 Å². The van der Waals surface area contributed by atoms with Gasteiger partial charge < -0.3 is 11.1 Å². The Bertz CT molecular complexity index is 752. The highest BCUT2D eigenvalue weighted by atomic mass is 14.9. The van der Waals surface area contributed by atoms with E-state index in [1.807, 2.05) is 43.3 Å². The summed E-state index contributed by atoms with van der Waals surface area (Å²) in [6.45, 7) is 2.68. The lowest BCUT2D eigenvalue weighted by molar-refractivity contribution is 1.02. The van der Waals surface area contributed by atoms with Crippen LogP contribution in [0.3, 0.4) is 0 Å². The van der Waals surface area contributed by atoms with Crippen molar-refractivity contribution in [3.05, 3.63) is 60.2 Å². The first-order valence-electron chi connectivity index (χ1n) is 6.52. The predicted molar refractivity (Wildman–Crippen MR) is 82.5 cm³/mol. The average molecular weight is 264 g/mol. The topological polar surface area (TPSA) is 63.8 Å². The standard InChI is InChI=1S/C16H16N4/c1-11-3-2-4-12(20-11)9-19-16-6-5-15(17)14-10-18-8-7-13(14)16/h2-8,10,19H,9,17H2,1H3. The number of fused-ring (bicyclic) bond motifs is 1. The molecule has 2 heterocycles. The molecule has 4 nitrogen and oxygen atoms in total. The third-order valence-electron chi connectivity index (χ3n) is 3.26. The van der Waals surface area contributed by atoms with Crippen LogP contribution in [0.4, 0.5) is 11.4 Å². The second-order valence-corrected chi connectivity index (χ2v) is 4.75. The largest absolute Gasteiger partial charge is 0.398 e. The molecule has 100 valence electrons. The van der Waals surface area contributed by atoms with E-state index in [-0.39, 0.29) is 0 Å². The summed E-state index contributed by atoms with van der Waals surface area (Å²) in [6, 6.07) is 11.9. The zero-order chi connectivity index (χ0) is 13.9. The van der Waals surface area contributed by atoms with Gasteiger partial charge in [0.1, 0.15) is 0 Å². The second kappa shape index (κ2) is 5.17. The lowest BCUT2D eigenvalue weighted by Crippen LogP contribution is -2.03. The summed E-state index contributed by atoms with van der Waals surface area (Å²) in [6.07, 6.45) is 3.57. The summed E-state index contributed by atoms with van der Waals surface area (Å²) in [5.41, 5.74) is 9.80. The minimum absolute atomic E-state index is 0.684. The van der Waals surface area contributed by atoms with E-state index in [9.17, 15) is 0 Å². The van der Waals surface area contributed by atoms with Crippen LogP contribution in [-0.4, -0.2) is 9.97 Å². The number of rotatable bonds is 3. The zero-order valence-corrected chi connectivity index (χ0v) is 11.3. The molecule has 0 amide bonds. The van der Waals surface area contributed by atoms with Gasteiger partial charge in [0.2, 0.25) is 0 Å². The van der Waals surface area contributed by atoms with E-state index in [2.05, 4.69) is 15.3 Å². The Balaban J connectivity index is 1.90. The highest BCUT2D eigenvalue weighted by Crippen LogP contribution is 2.27. The Morgan fingerprint density at radius 1 is 1.10 bits per heavy atom. The number of nitrogens with two attached hydrogens (primary N) is 1. The molecule has 0 fully saturated rings. The van der Waals surface area contributed by atoms with E-state index >= 15 is 0 Å². The van der Waals surface area contributed by atoms with Crippen LogP contribution in [0.25, 0.3) is 10.8 Å². The van der Waals surface area contributed by atoms with Crippen LogP contribution in [-0.2, 0) is 6.54 Å². The van der Waals surface area contributed by atoms with Crippen molar-refractivity contribution >= 4 is 22.1 Å². The molecular formula is C16H16N4. The fraction of sp³-hybridized carbons (Fsp3) is 0.125. The first kappa shape index (κ1) is 12.4. The first-order valence-corrected chi connectivity index (χ1v) is 6.52. The minimum Gasteiger partial charge on any atom is -0.398 e. The highest BCUT2D eigenvalue weighted by Gasteiger charge is 2.04. The van der Waals surface area contributed by atoms with Gasteiger partial charge in [-0.25, -0.2) is 0 Å². The third-order valence-corrected chi connectivity index (χ3v) is 3.26. The van der Waals surface area contributed by atoms with Crippen LogP contribution < -0.4 is 11.1 Å². The Labute approximate surface area is 117 Å². The molecule has 0 bridgehead atoms. The zero-order valence-electron chi connectivity index (χ0n) is 11.3. The van der Waals surface area contributed by atoms with Crippen LogP contribution in [0, 0.1) is 6.92 Å². The van der Waals surface area contributed by atoms with Crippen molar-refractivity contribution in [2.45, 2.75) is 13.5 Å². The Morgan fingerprint density at radius 3 is 2.85 bits per heavy atom. The van der Waals surface area contributed by atoms with E-state index in [1.165, 1.54) is 0 Å². The molecule has 0 aliphatic heterocycles. The lowest BCUT2D eigenvalue weighted by atomic mass is 10.1. The molecule has 0 aliphatic rings. The Hall–Kier alpha value is -2.62. The lowest BCUT2D eigenvalue weighted by Gasteiger charge is -2.11. The number of benzene rings is 1. The number of nitrogens with one attached hydrogen (secondary N) is 1. The Kier molecular flexibility index (Phi) is 3.21. The van der Waals surface area contributed by atoms with Gasteiger partial charge in [0, 0.05) is 40.2 Å². The molecule has 2 aromatic heterocycles. The number of nitrogen functional groups attached to an aromatic ring is 1. The molecule has 3 aromatic rings. The van der Waals surface area contributed by atoms with E-state index in [4.69, 9.17) is 5.73 Å². The second-order valence-electron chi connectivity index (χ2n) is 4.75. The van der Waals surface area contributed by atoms with Gasteiger partial charge in [0.15, 0.2) is 0 Å². The number of aryl methyl sites for hydroxylation is 1. The molecule has 0 saturated carbocycles. The molecule has 0 unspecified atom stereocenters. The number of anilines is 2. The molecule has 4 heteroatoms. The van der Waals surface area contributed by atoms with Crippen LogP contribution >= 0.6 is 0 Å². The third kappa shape index (κ3) is 2.40. The number of hydrogen-bond donors (Lipinski definition) is 2. The van der Waals surface area contributed by atoms with Crippen molar-refractivity contribution in [1.82, 2.24) is 9.97 Å². The van der Waals surface area contributed by atoms with E-state index in [0.29, 0.717) is 6.54 Å². The summed E-state index contributed by atoms with van der Waals surface area (Å²) in [7, 11) is 0. The number of nitrogens with zero attached hydrogens (tertiary/aromatic N) is 2. The van der Waals surface area contributed by atoms with Crippen molar-refractivity contribution < 1.29 is 0 Å². The maximum Gasteiger partial charge on any atom is 0.0597 e. The van der Waals surface area contributed by atoms with Gasteiger partial charge in [-0.2, -0.15) is 0 Å². The van der Waals surface area contributed by atoms with Crippen LogP contribution in [0.15, 0.2) is 48.8 Å². The fourth-order valence-corrected chi connectivity index (χ4v) is 2.25. The van der Waals surface area contributed by atoms with Gasteiger partial charge in [-0.15, -0.1) is 0 Å².